The Morgan fingerprint density at radius 3 is 2.68 bits per heavy atom. The molecule has 8 heteroatoms. The van der Waals surface area contributed by atoms with Gasteiger partial charge in [-0.1, -0.05) is 18.2 Å². The second kappa shape index (κ2) is 6.82. The molecular formula is C20H20N6O2. The Balaban J connectivity index is 1.74. The Kier molecular flexibility index (Phi) is 4.32. The van der Waals surface area contributed by atoms with Crippen LogP contribution in [-0.4, -0.2) is 30.8 Å². The fourth-order valence-electron chi connectivity index (χ4n) is 3.18. The first-order chi connectivity index (χ1) is 13.5. The molecule has 28 heavy (non-hydrogen) atoms. The van der Waals surface area contributed by atoms with E-state index in [2.05, 4.69) is 20.4 Å². The number of rotatable bonds is 4. The van der Waals surface area contributed by atoms with E-state index in [0.29, 0.717) is 29.4 Å². The number of anilines is 1. The van der Waals surface area contributed by atoms with Crippen LogP contribution in [0.15, 0.2) is 42.5 Å². The van der Waals surface area contributed by atoms with Crippen LogP contribution in [0.4, 0.5) is 5.69 Å². The van der Waals surface area contributed by atoms with Crippen molar-refractivity contribution in [2.75, 3.05) is 5.32 Å². The van der Waals surface area contributed by atoms with Gasteiger partial charge in [0.15, 0.2) is 11.6 Å². The largest absolute Gasteiger partial charge is 0.504 e. The fourth-order valence-corrected chi connectivity index (χ4v) is 3.18. The summed E-state index contributed by atoms with van der Waals surface area (Å²) < 4.78 is 1.59. The molecule has 0 saturated heterocycles. The van der Waals surface area contributed by atoms with E-state index in [1.807, 2.05) is 18.2 Å². The summed E-state index contributed by atoms with van der Waals surface area (Å²) in [5.41, 5.74) is 10.7. The van der Waals surface area contributed by atoms with Gasteiger partial charge in [-0.15, -0.1) is 0 Å². The first-order valence-corrected chi connectivity index (χ1v) is 8.79. The van der Waals surface area contributed by atoms with Gasteiger partial charge in [0.05, 0.1) is 11.0 Å². The summed E-state index contributed by atoms with van der Waals surface area (Å²) in [4.78, 5) is 19.0. The summed E-state index contributed by atoms with van der Waals surface area (Å²) >= 11 is 0. The van der Waals surface area contributed by atoms with Gasteiger partial charge in [-0.3, -0.25) is 9.48 Å². The van der Waals surface area contributed by atoms with E-state index in [-0.39, 0.29) is 11.7 Å². The first-order valence-electron chi connectivity index (χ1n) is 8.79. The molecule has 0 atom stereocenters. The van der Waals surface area contributed by atoms with Crippen molar-refractivity contribution in [3.8, 4) is 28.5 Å². The number of aryl methyl sites for hydroxylation is 1. The van der Waals surface area contributed by atoms with Crippen molar-refractivity contribution in [1.82, 2.24) is 19.7 Å². The third-order valence-electron chi connectivity index (χ3n) is 4.51. The van der Waals surface area contributed by atoms with E-state index in [9.17, 15) is 9.90 Å². The molecule has 0 bridgehead atoms. The number of aromatic nitrogens is 4. The number of nitrogens with two attached hydrogens (primary N) is 1. The molecule has 8 nitrogen and oxygen atoms in total. The molecule has 0 saturated carbocycles. The molecule has 142 valence electrons. The maximum absolute atomic E-state index is 11.2. The lowest BCUT2D eigenvalue weighted by Gasteiger charge is -2.03. The number of amides is 1. The van der Waals surface area contributed by atoms with Crippen molar-refractivity contribution < 1.29 is 9.90 Å². The van der Waals surface area contributed by atoms with Gasteiger partial charge in [-0.05, 0) is 29.8 Å². The van der Waals surface area contributed by atoms with E-state index in [4.69, 9.17) is 5.73 Å². The summed E-state index contributed by atoms with van der Waals surface area (Å²) in [7, 11) is 1.75. The summed E-state index contributed by atoms with van der Waals surface area (Å²) in [6.07, 6.45) is 0. The highest BCUT2D eigenvalue weighted by atomic mass is 16.3. The molecule has 4 aromatic rings. The van der Waals surface area contributed by atoms with Crippen LogP contribution in [0.2, 0.25) is 0 Å². The number of nitrogens with one attached hydrogen (secondary N) is 2. The van der Waals surface area contributed by atoms with Crippen molar-refractivity contribution >= 4 is 22.6 Å². The van der Waals surface area contributed by atoms with Crippen molar-refractivity contribution in [2.24, 2.45) is 12.8 Å². The number of imidazole rings is 1. The number of aromatic hydroxyl groups is 1. The van der Waals surface area contributed by atoms with Gasteiger partial charge in [-0.2, -0.15) is 5.10 Å². The molecule has 1 amide bonds. The number of hydrogen-bond donors (Lipinski definition) is 4. The number of hydrogen-bond acceptors (Lipinski definition) is 5. The van der Waals surface area contributed by atoms with Crippen molar-refractivity contribution in [1.29, 1.82) is 0 Å². The fraction of sp³-hybridized carbons (Fsp3) is 0.150. The standard InChI is InChI=1S/C20H20N6O2/c1-11(27)22-14-6-4-13(5-7-14)17-19(28)18(26(2)25-17)20-23-15-8-3-12(10-21)9-16(15)24-20/h3-9,28H,10,21H2,1-2H3,(H,22,27)(H,23,24). The summed E-state index contributed by atoms with van der Waals surface area (Å²) in [6.45, 7) is 1.90. The van der Waals surface area contributed by atoms with Gasteiger partial charge >= 0.3 is 0 Å². The minimum Gasteiger partial charge on any atom is -0.504 e. The van der Waals surface area contributed by atoms with E-state index in [0.717, 1.165) is 22.2 Å². The number of benzene rings is 2. The van der Waals surface area contributed by atoms with E-state index in [1.165, 1.54) is 6.92 Å². The molecule has 0 aliphatic heterocycles. The molecule has 0 fully saturated rings. The number of carbonyl (C=O) groups is 1. The predicted molar refractivity (Wildman–Crippen MR) is 108 cm³/mol. The summed E-state index contributed by atoms with van der Waals surface area (Å²) in [6, 6.07) is 12.9. The van der Waals surface area contributed by atoms with Gasteiger partial charge < -0.3 is 21.1 Å². The van der Waals surface area contributed by atoms with Crippen LogP contribution in [0.5, 0.6) is 5.75 Å². The zero-order valence-corrected chi connectivity index (χ0v) is 15.5. The second-order valence-electron chi connectivity index (χ2n) is 6.57. The Labute approximate surface area is 161 Å². The number of H-pyrrole nitrogens is 1. The third-order valence-corrected chi connectivity index (χ3v) is 4.51. The van der Waals surface area contributed by atoms with Crippen LogP contribution < -0.4 is 11.1 Å². The van der Waals surface area contributed by atoms with Crippen molar-refractivity contribution in [2.45, 2.75) is 13.5 Å². The lowest BCUT2D eigenvalue weighted by Crippen LogP contribution is -2.05. The Hall–Kier alpha value is -3.65. The Morgan fingerprint density at radius 2 is 2.00 bits per heavy atom. The Morgan fingerprint density at radius 1 is 1.25 bits per heavy atom. The molecular weight excluding hydrogens is 356 g/mol. The molecule has 0 aliphatic carbocycles. The number of nitrogens with zero attached hydrogens (tertiary/aromatic N) is 3. The molecule has 0 spiro atoms. The van der Waals surface area contributed by atoms with Crippen molar-refractivity contribution in [3.63, 3.8) is 0 Å². The lowest BCUT2D eigenvalue weighted by molar-refractivity contribution is -0.114. The molecule has 0 aliphatic rings. The number of carbonyl (C=O) groups excluding carboxylic acids is 1. The Bertz CT molecular complexity index is 1170. The molecule has 4 rings (SSSR count). The topological polar surface area (TPSA) is 122 Å². The number of fused-ring (bicyclic) bond motifs is 1. The minimum absolute atomic E-state index is 0.0351. The third kappa shape index (κ3) is 3.10. The van der Waals surface area contributed by atoms with Gasteiger partial charge in [0.25, 0.3) is 0 Å². The SMILES string of the molecule is CC(=O)Nc1ccc(-c2nn(C)c(-c3nc4ccc(CN)cc4[nH]3)c2O)cc1. The second-order valence-corrected chi connectivity index (χ2v) is 6.57. The van der Waals surface area contributed by atoms with E-state index >= 15 is 0 Å². The van der Waals surface area contributed by atoms with Crippen LogP contribution in [0.3, 0.4) is 0 Å². The quantitative estimate of drug-likeness (QED) is 0.436. The summed E-state index contributed by atoms with van der Waals surface area (Å²) in [5.74, 6) is 0.420. The van der Waals surface area contributed by atoms with Crippen LogP contribution in [0, 0.1) is 0 Å². The van der Waals surface area contributed by atoms with Crippen LogP contribution >= 0.6 is 0 Å². The number of aromatic amines is 1. The van der Waals surface area contributed by atoms with Crippen molar-refractivity contribution in [3.05, 3.63) is 48.0 Å². The van der Waals surface area contributed by atoms with Gasteiger partial charge in [-0.25, -0.2) is 4.98 Å². The maximum atomic E-state index is 11.2. The van der Waals surface area contributed by atoms with Crippen LogP contribution in [-0.2, 0) is 18.4 Å². The van der Waals surface area contributed by atoms with Gasteiger partial charge in [0, 0.05) is 31.8 Å². The zero-order chi connectivity index (χ0) is 19.8. The molecule has 5 N–H and O–H groups in total. The highest BCUT2D eigenvalue weighted by molar-refractivity contribution is 5.89. The summed E-state index contributed by atoms with van der Waals surface area (Å²) in [5, 5.41) is 18.0. The van der Waals surface area contributed by atoms with E-state index < -0.39 is 0 Å². The molecule has 0 radical (unpaired) electrons. The van der Waals surface area contributed by atoms with Gasteiger partial charge in [0.2, 0.25) is 5.91 Å². The smallest absolute Gasteiger partial charge is 0.221 e. The van der Waals surface area contributed by atoms with E-state index in [1.54, 1.807) is 36.0 Å². The lowest BCUT2D eigenvalue weighted by atomic mass is 10.1. The van der Waals surface area contributed by atoms with Crippen LogP contribution in [0.25, 0.3) is 33.8 Å². The molecule has 0 unspecified atom stereocenters. The molecule has 2 heterocycles. The average Bonchev–Trinajstić information content (AvgIpc) is 3.21. The monoisotopic (exact) mass is 376 g/mol. The van der Waals surface area contributed by atoms with Gasteiger partial charge in [0.1, 0.15) is 11.4 Å². The highest BCUT2D eigenvalue weighted by Crippen LogP contribution is 2.37. The highest BCUT2D eigenvalue weighted by Gasteiger charge is 2.21. The first kappa shape index (κ1) is 17.7. The normalized spacial score (nSPS) is 11.1. The minimum atomic E-state index is -0.140. The maximum Gasteiger partial charge on any atom is 0.221 e. The molecule has 2 aromatic carbocycles. The zero-order valence-electron chi connectivity index (χ0n) is 15.5. The average molecular weight is 376 g/mol. The predicted octanol–water partition coefficient (Wildman–Crippen LogP) is 2.75. The molecule has 2 aromatic heterocycles. The van der Waals surface area contributed by atoms with Crippen LogP contribution in [0.1, 0.15) is 12.5 Å².